The molecule has 0 spiro atoms. The maximum absolute atomic E-state index is 14.1. The van der Waals surface area contributed by atoms with Crippen molar-refractivity contribution in [1.82, 2.24) is 20.4 Å². The average Bonchev–Trinajstić information content (AvgIpc) is 3.45. The van der Waals surface area contributed by atoms with Crippen molar-refractivity contribution >= 4 is 41.6 Å². The summed E-state index contributed by atoms with van der Waals surface area (Å²) >= 11 is 6.33. The average molecular weight is 661 g/mol. The monoisotopic (exact) mass is 660 g/mol. The molecule has 4 heterocycles. The van der Waals surface area contributed by atoms with Gasteiger partial charge in [-0.05, 0) is 42.4 Å². The lowest BCUT2D eigenvalue weighted by Gasteiger charge is -2.29. The van der Waals surface area contributed by atoms with Crippen LogP contribution in [0.25, 0.3) is 0 Å². The molecule has 0 unspecified atom stereocenters. The van der Waals surface area contributed by atoms with Gasteiger partial charge in [-0.15, -0.1) is 0 Å². The second kappa shape index (κ2) is 13.6. The quantitative estimate of drug-likeness (QED) is 0.439. The summed E-state index contributed by atoms with van der Waals surface area (Å²) in [5.41, 5.74) is 0.380. The minimum atomic E-state index is -1.38. The van der Waals surface area contributed by atoms with Crippen molar-refractivity contribution in [2.45, 2.75) is 107 Å². The van der Waals surface area contributed by atoms with E-state index in [1.807, 2.05) is 12.1 Å². The van der Waals surface area contributed by atoms with E-state index in [0.29, 0.717) is 50.3 Å². The molecule has 6 atom stereocenters. The molecule has 1 aliphatic carbocycles. The number of carboxylic acid groups (broad SMARTS) is 1. The topological polar surface area (TPSA) is 164 Å². The molecule has 3 saturated heterocycles. The first-order valence-electron chi connectivity index (χ1n) is 16.3. The molecule has 13 nitrogen and oxygen atoms in total. The minimum Gasteiger partial charge on any atom is -0.479 e. The van der Waals surface area contributed by atoms with Crippen molar-refractivity contribution in [3.05, 3.63) is 34.3 Å². The van der Waals surface area contributed by atoms with E-state index in [0.717, 1.165) is 36.8 Å². The maximum atomic E-state index is 14.1. The van der Waals surface area contributed by atoms with E-state index in [1.54, 1.807) is 6.07 Å². The fourth-order valence-corrected chi connectivity index (χ4v) is 7.47. The highest BCUT2D eigenvalue weighted by Gasteiger charge is 2.62. The van der Waals surface area contributed by atoms with Crippen LogP contribution in [0.5, 0.6) is 0 Å². The van der Waals surface area contributed by atoms with Crippen molar-refractivity contribution < 1.29 is 43.3 Å². The maximum Gasteiger partial charge on any atom is 0.410 e. The Hall–Kier alpha value is -3.58. The fraction of sp³-hybridized carbons (Fsp3) is 0.656. The molecule has 3 N–H and O–H groups in total. The van der Waals surface area contributed by atoms with E-state index >= 15 is 0 Å². The first-order valence-corrected chi connectivity index (χ1v) is 16.6. The number of benzene rings is 1. The van der Waals surface area contributed by atoms with Crippen LogP contribution in [0.4, 0.5) is 9.59 Å². The van der Waals surface area contributed by atoms with Crippen molar-refractivity contribution in [2.75, 3.05) is 19.8 Å². The summed E-state index contributed by atoms with van der Waals surface area (Å²) < 4.78 is 16.6. The van der Waals surface area contributed by atoms with Crippen LogP contribution >= 0.6 is 11.6 Å². The van der Waals surface area contributed by atoms with Gasteiger partial charge in [-0.1, -0.05) is 55.8 Å². The van der Waals surface area contributed by atoms with E-state index in [1.165, 1.54) is 9.80 Å². The molecule has 0 aromatic heterocycles. The van der Waals surface area contributed by atoms with E-state index in [4.69, 9.17) is 25.8 Å². The lowest BCUT2D eigenvalue weighted by molar-refractivity contribution is -0.146. The normalized spacial score (nSPS) is 31.5. The molecule has 1 saturated carbocycles. The van der Waals surface area contributed by atoms with Gasteiger partial charge in [0, 0.05) is 24.4 Å². The van der Waals surface area contributed by atoms with Gasteiger partial charge < -0.3 is 34.9 Å². The number of halogens is 1. The van der Waals surface area contributed by atoms with Crippen LogP contribution in [-0.4, -0.2) is 94.5 Å². The number of aliphatic carboxylic acids is 1. The molecule has 1 aromatic carbocycles. The van der Waals surface area contributed by atoms with Crippen molar-refractivity contribution in [3.8, 4) is 0 Å². The number of fused-ring (bicyclic) bond motifs is 3. The lowest BCUT2D eigenvalue weighted by atomic mass is 10.0. The van der Waals surface area contributed by atoms with E-state index in [9.17, 15) is 29.1 Å². The number of hydrogen-bond donors (Lipinski definition) is 3. The Bertz CT molecular complexity index is 1370. The third-order valence-electron chi connectivity index (χ3n) is 9.93. The Kier molecular flexibility index (Phi) is 9.60. The highest BCUT2D eigenvalue weighted by molar-refractivity contribution is 6.31. The Balaban J connectivity index is 1.20. The van der Waals surface area contributed by atoms with Gasteiger partial charge in [-0.2, -0.15) is 0 Å². The molecule has 4 aliphatic heterocycles. The van der Waals surface area contributed by atoms with Crippen molar-refractivity contribution in [2.24, 2.45) is 5.92 Å². The number of nitrogens with one attached hydrogen (secondary N) is 2. The van der Waals surface area contributed by atoms with E-state index < -0.39 is 59.8 Å². The van der Waals surface area contributed by atoms with Gasteiger partial charge in [-0.25, -0.2) is 14.4 Å². The molecule has 6 rings (SSSR count). The number of hydrogen-bond acceptors (Lipinski definition) is 8. The van der Waals surface area contributed by atoms with Crippen LogP contribution in [0.2, 0.25) is 5.02 Å². The van der Waals surface area contributed by atoms with Gasteiger partial charge in [0.1, 0.15) is 29.8 Å². The number of carbonyl (C=O) groups is 5. The van der Waals surface area contributed by atoms with Crippen molar-refractivity contribution in [3.63, 3.8) is 0 Å². The summed E-state index contributed by atoms with van der Waals surface area (Å²) in [6.07, 6.45) is 3.45. The zero-order chi connectivity index (χ0) is 32.4. The number of amides is 4. The summed E-state index contributed by atoms with van der Waals surface area (Å²) in [4.78, 5) is 69.2. The van der Waals surface area contributed by atoms with Gasteiger partial charge in [0.15, 0.2) is 0 Å². The minimum absolute atomic E-state index is 0.0121. The molecule has 4 fully saturated rings. The molecular weight excluding hydrogens is 620 g/mol. The van der Waals surface area contributed by atoms with Gasteiger partial charge in [-0.3, -0.25) is 14.5 Å². The van der Waals surface area contributed by atoms with Crippen molar-refractivity contribution in [1.29, 1.82) is 0 Å². The number of carbonyl (C=O) groups excluding carboxylic acids is 4. The predicted molar refractivity (Wildman–Crippen MR) is 163 cm³/mol. The third kappa shape index (κ3) is 6.90. The first-order chi connectivity index (χ1) is 22.1. The molecule has 14 heteroatoms. The Morgan fingerprint density at radius 1 is 1.02 bits per heavy atom. The standard InChI is InChI=1S/C32H41ClN4O9/c33-24-9-6-7-19-15-36(17-23(19)24)31(43)46-22-13-26-27(38)35-32(29(40)41)14-20(32)8-4-2-1-3-5-10-25(28(39)37(26)16-22)34-30(42)45-21-11-12-44-18-21/h6-7,9,20-22,25-26H,1-5,8,10-18H2,(H,34,42)(H,35,38)(H,40,41)/t20-,21-,22-,25+,26+,32-/m1/s1. The summed E-state index contributed by atoms with van der Waals surface area (Å²) in [5, 5.41) is 16.1. The van der Waals surface area contributed by atoms with Crippen LogP contribution in [-0.2, 0) is 41.7 Å². The zero-order valence-electron chi connectivity index (χ0n) is 25.7. The van der Waals surface area contributed by atoms with Crippen LogP contribution in [0.15, 0.2) is 18.2 Å². The van der Waals surface area contributed by atoms with E-state index in [2.05, 4.69) is 10.6 Å². The molecule has 5 aliphatic rings. The van der Waals surface area contributed by atoms with Crippen LogP contribution in [0.3, 0.4) is 0 Å². The first kappa shape index (κ1) is 32.4. The number of nitrogens with zero attached hydrogens (tertiary/aromatic N) is 2. The Morgan fingerprint density at radius 3 is 2.54 bits per heavy atom. The molecule has 250 valence electrons. The molecular formula is C32H41ClN4O9. The SMILES string of the molecule is O=C(N[C@H]1CCCCCCC[C@@H]2C[C@@]2(C(=O)O)NC(=O)[C@@H]2C[C@@H](OC(=O)N3Cc4cccc(Cl)c4C3)CN2C1=O)O[C@@H]1CCOC1. The number of ether oxygens (including phenoxy) is 3. The predicted octanol–water partition coefficient (Wildman–Crippen LogP) is 3.35. The van der Waals surface area contributed by atoms with Gasteiger partial charge in [0.05, 0.1) is 26.3 Å². The lowest BCUT2D eigenvalue weighted by Crippen LogP contribution is -2.56. The molecule has 46 heavy (non-hydrogen) atoms. The summed E-state index contributed by atoms with van der Waals surface area (Å²) in [7, 11) is 0. The smallest absolute Gasteiger partial charge is 0.410 e. The highest BCUT2D eigenvalue weighted by atomic mass is 35.5. The van der Waals surface area contributed by atoms with Gasteiger partial charge in [0.25, 0.3) is 0 Å². The van der Waals surface area contributed by atoms with Crippen LogP contribution < -0.4 is 10.6 Å². The number of alkyl carbamates (subject to hydrolysis) is 1. The Morgan fingerprint density at radius 2 is 1.80 bits per heavy atom. The van der Waals surface area contributed by atoms with Gasteiger partial charge >= 0.3 is 18.2 Å². The fourth-order valence-electron chi connectivity index (χ4n) is 7.21. The van der Waals surface area contributed by atoms with Crippen LogP contribution in [0, 0.1) is 5.92 Å². The summed E-state index contributed by atoms with van der Waals surface area (Å²) in [6.45, 7) is 1.28. The van der Waals surface area contributed by atoms with E-state index in [-0.39, 0.29) is 32.0 Å². The highest BCUT2D eigenvalue weighted by Crippen LogP contribution is 2.47. The van der Waals surface area contributed by atoms with Crippen LogP contribution in [0.1, 0.15) is 75.3 Å². The zero-order valence-corrected chi connectivity index (χ0v) is 26.5. The number of carboxylic acids is 1. The summed E-state index contributed by atoms with van der Waals surface area (Å²) in [5.74, 6) is -2.41. The Labute approximate surface area is 272 Å². The molecule has 1 aromatic rings. The molecule has 0 radical (unpaired) electrons. The second-order valence-electron chi connectivity index (χ2n) is 13.1. The molecule has 4 amide bonds. The summed E-state index contributed by atoms with van der Waals surface area (Å²) in [6, 6.07) is 3.39. The third-order valence-corrected chi connectivity index (χ3v) is 10.3. The van der Waals surface area contributed by atoms with Gasteiger partial charge in [0.2, 0.25) is 11.8 Å². The molecule has 0 bridgehead atoms. The number of rotatable bonds is 4. The second-order valence-corrected chi connectivity index (χ2v) is 13.5. The largest absolute Gasteiger partial charge is 0.479 e.